The van der Waals surface area contributed by atoms with Crippen LogP contribution in [0, 0.1) is 10.1 Å². The van der Waals surface area contributed by atoms with Crippen LogP contribution in [-0.2, 0) is 6.42 Å². The van der Waals surface area contributed by atoms with E-state index in [1.165, 1.54) is 6.07 Å². The zero-order valence-electron chi connectivity index (χ0n) is 7.47. The van der Waals surface area contributed by atoms with Gasteiger partial charge in [-0.1, -0.05) is 12.1 Å². The molecule has 1 aliphatic rings. The van der Waals surface area contributed by atoms with Crippen LogP contribution < -0.4 is 5.73 Å². The summed E-state index contributed by atoms with van der Waals surface area (Å²) in [5, 5.41) is 10.6. The van der Waals surface area contributed by atoms with E-state index in [2.05, 4.69) is 0 Å². The first kappa shape index (κ1) is 10.9. The van der Waals surface area contributed by atoms with Crippen molar-refractivity contribution in [2.45, 2.75) is 18.9 Å². The Morgan fingerprint density at radius 1 is 1.50 bits per heavy atom. The number of rotatable bonds is 1. The fourth-order valence-electron chi connectivity index (χ4n) is 1.84. The standard InChI is InChI=1S/C9H10N2O2.ClH/c10-8-5-4-7-6(8)2-1-3-9(7)11(12)13;/h1-3,8H,4-5,10H2;1H. The zero-order valence-corrected chi connectivity index (χ0v) is 8.29. The Kier molecular flexibility index (Phi) is 3.08. The summed E-state index contributed by atoms with van der Waals surface area (Å²) in [6.45, 7) is 0. The highest BCUT2D eigenvalue weighted by Gasteiger charge is 2.25. The minimum Gasteiger partial charge on any atom is -0.324 e. The lowest BCUT2D eigenvalue weighted by molar-refractivity contribution is -0.385. The minimum atomic E-state index is -0.336. The molecule has 0 amide bonds. The van der Waals surface area contributed by atoms with Gasteiger partial charge in [0.25, 0.3) is 5.69 Å². The van der Waals surface area contributed by atoms with Crippen molar-refractivity contribution in [2.24, 2.45) is 5.73 Å². The second-order valence-electron chi connectivity index (χ2n) is 3.25. The lowest BCUT2D eigenvalue weighted by Crippen LogP contribution is -2.05. The summed E-state index contributed by atoms with van der Waals surface area (Å²) in [4.78, 5) is 10.3. The van der Waals surface area contributed by atoms with Gasteiger partial charge in [0.05, 0.1) is 4.92 Å². The van der Waals surface area contributed by atoms with Crippen molar-refractivity contribution in [1.29, 1.82) is 0 Å². The third-order valence-electron chi connectivity index (χ3n) is 2.49. The van der Waals surface area contributed by atoms with Crippen LogP contribution in [0.5, 0.6) is 0 Å². The molecule has 1 aliphatic carbocycles. The third-order valence-corrected chi connectivity index (χ3v) is 2.49. The first-order chi connectivity index (χ1) is 6.20. The van der Waals surface area contributed by atoms with Gasteiger partial charge in [-0.15, -0.1) is 12.4 Å². The molecule has 1 aromatic rings. The van der Waals surface area contributed by atoms with Crippen molar-refractivity contribution in [2.75, 3.05) is 0 Å². The van der Waals surface area contributed by atoms with E-state index in [0.29, 0.717) is 0 Å². The second-order valence-corrected chi connectivity index (χ2v) is 3.25. The maximum absolute atomic E-state index is 10.6. The number of hydrogen-bond acceptors (Lipinski definition) is 3. The first-order valence-electron chi connectivity index (χ1n) is 4.22. The molecule has 14 heavy (non-hydrogen) atoms. The summed E-state index contributed by atoms with van der Waals surface area (Å²) in [7, 11) is 0. The van der Waals surface area contributed by atoms with E-state index in [9.17, 15) is 10.1 Å². The highest BCUT2D eigenvalue weighted by atomic mass is 35.5. The molecule has 1 unspecified atom stereocenters. The fraction of sp³-hybridized carbons (Fsp3) is 0.333. The normalized spacial score (nSPS) is 18.5. The molecule has 76 valence electrons. The maximum Gasteiger partial charge on any atom is 0.272 e. The van der Waals surface area contributed by atoms with Crippen LogP contribution in [0.4, 0.5) is 5.69 Å². The molecular weight excluding hydrogens is 204 g/mol. The molecule has 5 heteroatoms. The summed E-state index contributed by atoms with van der Waals surface area (Å²) in [5.41, 5.74) is 7.76. The summed E-state index contributed by atoms with van der Waals surface area (Å²) in [6, 6.07) is 5.09. The van der Waals surface area contributed by atoms with Gasteiger partial charge in [-0.25, -0.2) is 0 Å². The van der Waals surface area contributed by atoms with Crippen LogP contribution in [0.1, 0.15) is 23.6 Å². The van der Waals surface area contributed by atoms with Crippen LogP contribution in [0.2, 0.25) is 0 Å². The molecule has 0 aromatic heterocycles. The van der Waals surface area contributed by atoms with Gasteiger partial charge in [-0.05, 0) is 18.4 Å². The third kappa shape index (κ3) is 1.58. The van der Waals surface area contributed by atoms with Crippen LogP contribution >= 0.6 is 12.4 Å². The number of hydrogen-bond donors (Lipinski definition) is 1. The lowest BCUT2D eigenvalue weighted by Gasteiger charge is -2.03. The zero-order chi connectivity index (χ0) is 9.42. The summed E-state index contributed by atoms with van der Waals surface area (Å²) in [6.07, 6.45) is 1.55. The van der Waals surface area contributed by atoms with Gasteiger partial charge in [0.2, 0.25) is 0 Å². The Labute approximate surface area is 87.7 Å². The lowest BCUT2D eigenvalue weighted by atomic mass is 10.1. The summed E-state index contributed by atoms with van der Waals surface area (Å²) >= 11 is 0. The van der Waals surface area contributed by atoms with Gasteiger partial charge in [-0.2, -0.15) is 0 Å². The van der Waals surface area contributed by atoms with E-state index < -0.39 is 0 Å². The molecule has 0 aliphatic heterocycles. The molecule has 0 radical (unpaired) electrons. The molecule has 2 rings (SSSR count). The number of halogens is 1. The van der Waals surface area contributed by atoms with E-state index in [0.717, 1.165) is 24.0 Å². The Balaban J connectivity index is 0.000000980. The molecule has 4 nitrogen and oxygen atoms in total. The SMILES string of the molecule is Cl.NC1CCc2c1cccc2[N+](=O)[O-]. The van der Waals surface area contributed by atoms with Crippen LogP contribution in [0.25, 0.3) is 0 Å². The molecule has 0 heterocycles. The Morgan fingerprint density at radius 3 is 2.86 bits per heavy atom. The Morgan fingerprint density at radius 2 is 2.21 bits per heavy atom. The average molecular weight is 215 g/mol. The Hall–Kier alpha value is -1.13. The number of nitrogens with two attached hydrogens (primary N) is 1. The number of fused-ring (bicyclic) bond motifs is 1. The molecule has 2 N–H and O–H groups in total. The smallest absolute Gasteiger partial charge is 0.272 e. The molecule has 1 atom stereocenters. The monoisotopic (exact) mass is 214 g/mol. The number of nitro benzene ring substituents is 1. The number of nitro groups is 1. The quantitative estimate of drug-likeness (QED) is 0.574. The van der Waals surface area contributed by atoms with Crippen LogP contribution in [-0.4, -0.2) is 4.92 Å². The number of nitrogens with zero attached hydrogens (tertiary/aromatic N) is 1. The van der Waals surface area contributed by atoms with Gasteiger partial charge in [-0.3, -0.25) is 10.1 Å². The summed E-state index contributed by atoms with van der Waals surface area (Å²) < 4.78 is 0. The van der Waals surface area contributed by atoms with Crippen molar-refractivity contribution in [3.8, 4) is 0 Å². The fourth-order valence-corrected chi connectivity index (χ4v) is 1.84. The van der Waals surface area contributed by atoms with Crippen molar-refractivity contribution in [1.82, 2.24) is 0 Å². The van der Waals surface area contributed by atoms with Crippen LogP contribution in [0.3, 0.4) is 0 Å². The molecule has 0 fully saturated rings. The molecule has 0 spiro atoms. The Bertz CT molecular complexity index is 368. The van der Waals surface area contributed by atoms with Gasteiger partial charge in [0.15, 0.2) is 0 Å². The average Bonchev–Trinajstić information content (AvgIpc) is 2.48. The van der Waals surface area contributed by atoms with Gasteiger partial charge < -0.3 is 5.73 Å². The number of benzene rings is 1. The minimum absolute atomic E-state index is 0. The largest absolute Gasteiger partial charge is 0.324 e. The van der Waals surface area contributed by atoms with Crippen molar-refractivity contribution in [3.05, 3.63) is 39.4 Å². The van der Waals surface area contributed by atoms with Crippen molar-refractivity contribution < 1.29 is 4.92 Å². The predicted molar refractivity (Wildman–Crippen MR) is 55.6 cm³/mol. The highest BCUT2D eigenvalue weighted by Crippen LogP contribution is 2.34. The second kappa shape index (κ2) is 3.94. The van der Waals surface area contributed by atoms with E-state index >= 15 is 0 Å². The molecule has 0 saturated heterocycles. The van der Waals surface area contributed by atoms with Gasteiger partial charge in [0.1, 0.15) is 0 Å². The predicted octanol–water partition coefficient (Wildman–Crippen LogP) is 1.96. The molecule has 0 bridgehead atoms. The summed E-state index contributed by atoms with van der Waals surface area (Å²) in [5.74, 6) is 0. The van der Waals surface area contributed by atoms with Gasteiger partial charge >= 0.3 is 0 Å². The van der Waals surface area contributed by atoms with Crippen molar-refractivity contribution >= 4 is 18.1 Å². The molecule has 1 aromatic carbocycles. The van der Waals surface area contributed by atoms with E-state index in [4.69, 9.17) is 5.73 Å². The maximum atomic E-state index is 10.6. The van der Waals surface area contributed by atoms with Gasteiger partial charge in [0, 0.05) is 17.7 Å². The molecular formula is C9H11ClN2O2. The van der Waals surface area contributed by atoms with E-state index in [1.807, 2.05) is 6.07 Å². The van der Waals surface area contributed by atoms with E-state index in [1.54, 1.807) is 6.07 Å². The van der Waals surface area contributed by atoms with E-state index in [-0.39, 0.29) is 29.1 Å². The topological polar surface area (TPSA) is 69.2 Å². The molecule has 0 saturated carbocycles. The van der Waals surface area contributed by atoms with Crippen molar-refractivity contribution in [3.63, 3.8) is 0 Å². The highest BCUT2D eigenvalue weighted by molar-refractivity contribution is 5.85. The van der Waals surface area contributed by atoms with Crippen LogP contribution in [0.15, 0.2) is 18.2 Å². The first-order valence-corrected chi connectivity index (χ1v) is 4.22.